The van der Waals surface area contributed by atoms with Crippen LogP contribution >= 0.6 is 0 Å². The van der Waals surface area contributed by atoms with Gasteiger partial charge in [-0.3, -0.25) is 4.79 Å². The molecule has 8 nitrogen and oxygen atoms in total. The maximum absolute atomic E-state index is 12.8. The topological polar surface area (TPSA) is 110 Å². The predicted octanol–water partition coefficient (Wildman–Crippen LogP) is 4.43. The largest absolute Gasteiger partial charge is 0.493 e. The molecule has 0 saturated heterocycles. The number of nitrogens with one attached hydrogen (secondary N) is 2. The Balaban J connectivity index is 2.01. The van der Waals surface area contributed by atoms with E-state index in [1.165, 1.54) is 21.1 Å². The smallest absolute Gasteiger partial charge is 0.333 e. The number of nitrogens with zero attached hydrogens (tertiary/aromatic N) is 1. The molecule has 1 atom stereocenters. The second kappa shape index (κ2) is 11.4. The first-order chi connectivity index (χ1) is 16.4. The molecular weight excluding hydrogens is 434 g/mol. The van der Waals surface area contributed by atoms with Crippen LogP contribution in [0.5, 0.6) is 11.5 Å². The van der Waals surface area contributed by atoms with E-state index in [1.807, 2.05) is 30.3 Å². The lowest BCUT2D eigenvalue weighted by Crippen LogP contribution is -2.24. The van der Waals surface area contributed by atoms with Gasteiger partial charge in [0.1, 0.15) is 6.61 Å². The van der Waals surface area contributed by atoms with E-state index in [4.69, 9.17) is 19.5 Å². The number of rotatable bonds is 9. The van der Waals surface area contributed by atoms with Gasteiger partial charge in [0.05, 0.1) is 31.5 Å². The Morgan fingerprint density at radius 2 is 1.71 bits per heavy atom. The van der Waals surface area contributed by atoms with Crippen LogP contribution in [0.3, 0.4) is 0 Å². The third-order valence-electron chi connectivity index (χ3n) is 4.96. The minimum atomic E-state index is -0.975. The number of carbonyl (C=O) groups excluding carboxylic acids is 2. The molecule has 3 aromatic rings. The number of benzene rings is 3. The average Bonchev–Trinajstić information content (AvgIpc) is 2.86. The Morgan fingerprint density at radius 1 is 1.00 bits per heavy atom. The van der Waals surface area contributed by atoms with E-state index < -0.39 is 12.0 Å². The first-order valence-electron chi connectivity index (χ1n) is 10.5. The van der Waals surface area contributed by atoms with Crippen molar-refractivity contribution in [3.8, 4) is 17.6 Å². The normalized spacial score (nSPS) is 11.0. The number of esters is 1. The highest BCUT2D eigenvalue weighted by Gasteiger charge is 2.27. The van der Waals surface area contributed by atoms with Crippen molar-refractivity contribution in [1.29, 1.82) is 5.26 Å². The van der Waals surface area contributed by atoms with Gasteiger partial charge in [0.25, 0.3) is 0 Å². The molecule has 0 aliphatic rings. The SMILES string of the molecule is COC(=O)C(Nc1ccc(C#N)cc1)c1cc(OC)c(OCc2ccccc2)cc1NC(C)=O. The van der Waals surface area contributed by atoms with Crippen molar-refractivity contribution < 1.29 is 23.8 Å². The summed E-state index contributed by atoms with van der Waals surface area (Å²) >= 11 is 0. The number of amides is 1. The lowest BCUT2D eigenvalue weighted by Gasteiger charge is -2.23. The summed E-state index contributed by atoms with van der Waals surface area (Å²) in [5.41, 5.74) is 2.83. The minimum absolute atomic E-state index is 0.292. The highest BCUT2D eigenvalue weighted by atomic mass is 16.5. The fourth-order valence-electron chi connectivity index (χ4n) is 3.31. The first kappa shape index (κ1) is 24.1. The number of anilines is 2. The van der Waals surface area contributed by atoms with Crippen LogP contribution in [0.15, 0.2) is 66.7 Å². The Hall–Kier alpha value is -4.51. The van der Waals surface area contributed by atoms with Crippen LogP contribution in [0.25, 0.3) is 0 Å². The van der Waals surface area contributed by atoms with Gasteiger partial charge in [0.15, 0.2) is 17.5 Å². The van der Waals surface area contributed by atoms with E-state index in [1.54, 1.807) is 36.4 Å². The van der Waals surface area contributed by atoms with Crippen molar-refractivity contribution in [3.63, 3.8) is 0 Å². The molecule has 8 heteroatoms. The maximum Gasteiger partial charge on any atom is 0.333 e. The molecule has 0 aliphatic carbocycles. The highest BCUT2D eigenvalue weighted by Crippen LogP contribution is 2.38. The standard InChI is InChI=1S/C26H25N3O5/c1-17(30)28-22-14-24(34-16-19-7-5-4-6-8-19)23(32-2)13-21(22)25(26(31)33-3)29-20-11-9-18(15-27)10-12-20/h4-14,25,29H,16H2,1-3H3,(H,28,30). The molecule has 3 rings (SSSR count). The van der Waals surface area contributed by atoms with Crippen LogP contribution in [0.1, 0.15) is 29.7 Å². The van der Waals surface area contributed by atoms with Gasteiger partial charge in [-0.25, -0.2) is 4.79 Å². The Bertz CT molecular complexity index is 1190. The van der Waals surface area contributed by atoms with Gasteiger partial charge < -0.3 is 24.8 Å². The minimum Gasteiger partial charge on any atom is -0.493 e. The zero-order valence-corrected chi connectivity index (χ0v) is 19.1. The number of nitriles is 1. The van der Waals surface area contributed by atoms with Gasteiger partial charge in [-0.2, -0.15) is 5.26 Å². The average molecular weight is 460 g/mol. The van der Waals surface area contributed by atoms with Gasteiger partial charge in [-0.15, -0.1) is 0 Å². The second-order valence-corrected chi connectivity index (χ2v) is 7.34. The van der Waals surface area contributed by atoms with Crippen LogP contribution in [0.2, 0.25) is 0 Å². The summed E-state index contributed by atoms with van der Waals surface area (Å²) in [6, 6.07) is 20.6. The lowest BCUT2D eigenvalue weighted by atomic mass is 10.0. The van der Waals surface area contributed by atoms with Crippen molar-refractivity contribution >= 4 is 23.3 Å². The third-order valence-corrected chi connectivity index (χ3v) is 4.96. The third kappa shape index (κ3) is 6.04. The summed E-state index contributed by atoms with van der Waals surface area (Å²) in [5, 5.41) is 14.9. The number of carbonyl (C=O) groups is 2. The molecule has 0 bridgehead atoms. The maximum atomic E-state index is 12.8. The molecule has 0 spiro atoms. The van der Waals surface area contributed by atoms with Crippen molar-refractivity contribution in [2.45, 2.75) is 19.6 Å². The molecule has 3 aromatic carbocycles. The van der Waals surface area contributed by atoms with Gasteiger partial charge in [0.2, 0.25) is 5.91 Å². The Kier molecular flexibility index (Phi) is 8.08. The molecule has 0 aromatic heterocycles. The summed E-state index contributed by atoms with van der Waals surface area (Å²) in [5.74, 6) is -0.102. The van der Waals surface area contributed by atoms with Crippen molar-refractivity contribution in [3.05, 3.63) is 83.4 Å². The van der Waals surface area contributed by atoms with Gasteiger partial charge >= 0.3 is 5.97 Å². The van der Waals surface area contributed by atoms with Crippen LogP contribution in [0.4, 0.5) is 11.4 Å². The molecule has 0 fully saturated rings. The van der Waals surface area contributed by atoms with Crippen molar-refractivity contribution in [1.82, 2.24) is 0 Å². The molecule has 2 N–H and O–H groups in total. The Morgan fingerprint density at radius 3 is 2.29 bits per heavy atom. The van der Waals surface area contributed by atoms with E-state index in [0.717, 1.165) is 5.56 Å². The van der Waals surface area contributed by atoms with Crippen LogP contribution in [0, 0.1) is 11.3 Å². The predicted molar refractivity (Wildman–Crippen MR) is 128 cm³/mol. The molecule has 0 heterocycles. The van der Waals surface area contributed by atoms with E-state index in [2.05, 4.69) is 16.7 Å². The summed E-state index contributed by atoms with van der Waals surface area (Å²) in [7, 11) is 2.77. The molecule has 34 heavy (non-hydrogen) atoms. The van der Waals surface area contributed by atoms with Crippen molar-refractivity contribution in [2.24, 2.45) is 0 Å². The zero-order valence-electron chi connectivity index (χ0n) is 19.1. The monoisotopic (exact) mass is 459 g/mol. The van der Waals surface area contributed by atoms with E-state index in [9.17, 15) is 9.59 Å². The lowest BCUT2D eigenvalue weighted by molar-refractivity contribution is -0.141. The molecule has 174 valence electrons. The zero-order chi connectivity index (χ0) is 24.5. The van der Waals surface area contributed by atoms with Crippen molar-refractivity contribution in [2.75, 3.05) is 24.9 Å². The number of hydrogen-bond acceptors (Lipinski definition) is 7. The second-order valence-electron chi connectivity index (χ2n) is 7.34. The van der Waals surface area contributed by atoms with Gasteiger partial charge in [-0.05, 0) is 35.9 Å². The van der Waals surface area contributed by atoms with Crippen LogP contribution < -0.4 is 20.1 Å². The molecule has 1 unspecified atom stereocenters. The van der Waals surface area contributed by atoms with Gasteiger partial charge in [0, 0.05) is 24.2 Å². The Labute approximate surface area is 198 Å². The van der Waals surface area contributed by atoms with E-state index in [-0.39, 0.29) is 5.91 Å². The van der Waals surface area contributed by atoms with Crippen LogP contribution in [-0.2, 0) is 20.9 Å². The molecular formula is C26H25N3O5. The molecule has 0 radical (unpaired) electrons. The summed E-state index contributed by atoms with van der Waals surface area (Å²) in [6.07, 6.45) is 0. The van der Waals surface area contributed by atoms with E-state index >= 15 is 0 Å². The fraction of sp³-hybridized carbons (Fsp3) is 0.192. The summed E-state index contributed by atoms with van der Waals surface area (Å²) in [4.78, 5) is 24.7. The molecule has 0 saturated carbocycles. The van der Waals surface area contributed by atoms with Gasteiger partial charge in [-0.1, -0.05) is 30.3 Å². The number of methoxy groups -OCH3 is 2. The number of ether oxygens (including phenoxy) is 3. The molecule has 1 amide bonds. The van der Waals surface area contributed by atoms with Crippen LogP contribution in [-0.4, -0.2) is 26.1 Å². The van der Waals surface area contributed by atoms with E-state index in [0.29, 0.717) is 40.6 Å². The number of hydrogen-bond donors (Lipinski definition) is 2. The first-order valence-corrected chi connectivity index (χ1v) is 10.5. The highest BCUT2D eigenvalue weighted by molar-refractivity contribution is 5.93. The summed E-state index contributed by atoms with van der Waals surface area (Å²) < 4.78 is 16.5. The fourth-order valence-corrected chi connectivity index (χ4v) is 3.31. The quantitative estimate of drug-likeness (QED) is 0.456. The summed E-state index contributed by atoms with van der Waals surface area (Å²) in [6.45, 7) is 1.67. The molecule has 0 aliphatic heterocycles.